The zero-order valence-corrected chi connectivity index (χ0v) is 16.9. The number of halogens is 2. The summed E-state index contributed by atoms with van der Waals surface area (Å²) in [6.07, 6.45) is 13.8. The van der Waals surface area contributed by atoms with E-state index >= 15 is 0 Å². The predicted octanol–water partition coefficient (Wildman–Crippen LogP) is -3.25. The normalized spacial score (nSPS) is 12.3. The fourth-order valence-electron chi connectivity index (χ4n) is 2.16. The molecule has 0 saturated heterocycles. The summed E-state index contributed by atoms with van der Waals surface area (Å²) in [5.74, 6) is 0. The van der Waals surface area contributed by atoms with Gasteiger partial charge in [-0.2, -0.15) is 18.3 Å². The van der Waals surface area contributed by atoms with E-state index in [4.69, 9.17) is 0 Å². The van der Waals surface area contributed by atoms with Crippen molar-refractivity contribution in [2.24, 2.45) is 0 Å². The van der Waals surface area contributed by atoms with Gasteiger partial charge in [0, 0.05) is 6.42 Å². The first-order valence-corrected chi connectivity index (χ1v) is 9.33. The van der Waals surface area contributed by atoms with E-state index in [9.17, 15) is 0 Å². The number of allylic oxidation sites excluding steroid dienone is 3. The second-order valence-electron chi connectivity index (χ2n) is 5.37. The van der Waals surface area contributed by atoms with Gasteiger partial charge in [0.25, 0.3) is 0 Å². The van der Waals surface area contributed by atoms with Crippen molar-refractivity contribution in [1.29, 1.82) is 0 Å². The summed E-state index contributed by atoms with van der Waals surface area (Å²) < 4.78 is 1.11. The molecule has 1 aromatic rings. The van der Waals surface area contributed by atoms with E-state index in [2.05, 4.69) is 56.6 Å². The minimum absolute atomic E-state index is 0. The molecule has 0 aliphatic heterocycles. The molecular formula is C14H24Cl2N2SiTi. The number of hydrogen-bond donors (Lipinski definition) is 1. The van der Waals surface area contributed by atoms with Crippen molar-refractivity contribution < 1.29 is 51.0 Å². The molecule has 20 heavy (non-hydrogen) atoms. The molecule has 0 fully saturated rings. The van der Waals surface area contributed by atoms with Crippen LogP contribution >= 0.6 is 0 Å². The van der Waals surface area contributed by atoms with Crippen molar-refractivity contribution in [3.05, 3.63) is 48.5 Å². The molecule has 112 valence electrons. The van der Waals surface area contributed by atoms with E-state index < -0.39 is 8.80 Å². The number of hydrogen-bond acceptors (Lipinski definition) is 0. The maximum absolute atomic E-state index is 2.74. The minimum Gasteiger partial charge on any atom is -1.00 e. The van der Waals surface area contributed by atoms with Gasteiger partial charge in [-0.05, 0) is 6.08 Å². The standard InChI is InChI=1S/C10H20NSi.C4H4N.2ClH.Ti/c1-11(2,9-12(3)4)10-7-5-6-8-10;1-2-4-5-3-1;;;/h5-7,12H,8-9H2,1-4H3;1-3,5H;2*1H;/q+1;-1;;;+2/p-2. The maximum Gasteiger partial charge on any atom is 2.00 e. The summed E-state index contributed by atoms with van der Waals surface area (Å²) >= 11 is 0. The number of aromatic amines is 1. The van der Waals surface area contributed by atoms with E-state index in [1.54, 1.807) is 5.70 Å². The van der Waals surface area contributed by atoms with Crippen LogP contribution in [0.25, 0.3) is 0 Å². The first-order valence-electron chi connectivity index (χ1n) is 6.21. The Balaban J connectivity index is -0.000000312. The van der Waals surface area contributed by atoms with Crippen LogP contribution in [0.15, 0.2) is 42.3 Å². The minimum atomic E-state index is -0.448. The Morgan fingerprint density at radius 1 is 1.30 bits per heavy atom. The molecule has 1 aliphatic rings. The molecule has 1 heterocycles. The molecule has 2 nitrogen and oxygen atoms in total. The number of nitrogens with one attached hydrogen (secondary N) is 1. The van der Waals surface area contributed by atoms with Gasteiger partial charge in [-0.3, -0.25) is 0 Å². The number of aromatic nitrogens is 1. The maximum atomic E-state index is 2.74. The van der Waals surface area contributed by atoms with Crippen molar-refractivity contribution in [1.82, 2.24) is 4.98 Å². The molecule has 0 spiro atoms. The Morgan fingerprint density at radius 3 is 2.25 bits per heavy atom. The monoisotopic (exact) mass is 366 g/mol. The van der Waals surface area contributed by atoms with Gasteiger partial charge in [0.2, 0.25) is 0 Å². The average Bonchev–Trinajstić information content (AvgIpc) is 2.93. The Morgan fingerprint density at radius 2 is 1.95 bits per heavy atom. The molecule has 1 aromatic heterocycles. The summed E-state index contributed by atoms with van der Waals surface area (Å²) in [6.45, 7) is 4.84. The molecular weight excluding hydrogens is 343 g/mol. The van der Waals surface area contributed by atoms with Gasteiger partial charge in [0.15, 0.2) is 0 Å². The molecule has 2 rings (SSSR count). The van der Waals surface area contributed by atoms with Crippen molar-refractivity contribution in [2.45, 2.75) is 19.5 Å². The van der Waals surface area contributed by atoms with E-state index in [1.807, 2.05) is 18.3 Å². The van der Waals surface area contributed by atoms with Gasteiger partial charge in [0.1, 0.15) is 5.70 Å². The fourth-order valence-corrected chi connectivity index (χ4v) is 4.22. The van der Waals surface area contributed by atoms with Crippen LogP contribution in [0.2, 0.25) is 13.1 Å². The van der Waals surface area contributed by atoms with E-state index in [1.165, 1.54) is 6.17 Å². The molecule has 0 saturated carbocycles. The fraction of sp³-hybridized carbons (Fsp3) is 0.429. The average molecular weight is 367 g/mol. The van der Waals surface area contributed by atoms with Gasteiger partial charge in [-0.1, -0.05) is 25.2 Å². The summed E-state index contributed by atoms with van der Waals surface area (Å²) in [4.78, 5) is 2.74. The molecule has 1 N–H and O–H groups in total. The molecule has 0 radical (unpaired) electrons. The van der Waals surface area contributed by atoms with Crippen LogP contribution < -0.4 is 24.8 Å². The molecule has 1 aliphatic carbocycles. The van der Waals surface area contributed by atoms with Crippen LogP contribution in [-0.2, 0) is 21.7 Å². The van der Waals surface area contributed by atoms with Crippen LogP contribution in [0.5, 0.6) is 0 Å². The predicted molar refractivity (Wildman–Crippen MR) is 77.3 cm³/mol. The van der Waals surface area contributed by atoms with Crippen LogP contribution in [0, 0.1) is 6.20 Å². The first kappa shape index (κ1) is 25.2. The van der Waals surface area contributed by atoms with Crippen LogP contribution in [0.3, 0.4) is 0 Å². The largest absolute Gasteiger partial charge is 2.00 e. The van der Waals surface area contributed by atoms with Crippen molar-refractivity contribution in [2.75, 3.05) is 20.3 Å². The van der Waals surface area contributed by atoms with Crippen LogP contribution in [0.4, 0.5) is 0 Å². The Hall–Kier alpha value is 0.231. The third-order valence-electron chi connectivity index (χ3n) is 2.79. The number of rotatable bonds is 3. The molecule has 6 heteroatoms. The van der Waals surface area contributed by atoms with Gasteiger partial charge < -0.3 is 34.3 Å². The third-order valence-corrected chi connectivity index (χ3v) is 4.44. The quantitative estimate of drug-likeness (QED) is 0.328. The molecule has 0 bridgehead atoms. The van der Waals surface area contributed by atoms with Crippen molar-refractivity contribution >= 4 is 8.80 Å². The zero-order valence-electron chi connectivity index (χ0n) is 12.7. The van der Waals surface area contributed by atoms with E-state index in [0.29, 0.717) is 0 Å². The zero-order chi connectivity index (χ0) is 12.7. The van der Waals surface area contributed by atoms with E-state index in [-0.39, 0.29) is 46.5 Å². The second kappa shape index (κ2) is 12.9. The smallest absolute Gasteiger partial charge is 1.00 e. The molecule has 0 amide bonds. The number of H-pyrrole nitrogens is 1. The van der Waals surface area contributed by atoms with E-state index in [0.717, 1.165) is 10.9 Å². The Labute approximate surface area is 152 Å². The number of quaternary nitrogens is 1. The van der Waals surface area contributed by atoms with Crippen LogP contribution in [-0.4, -0.2) is 38.5 Å². The Kier molecular flexibility index (Phi) is 16.3. The van der Waals surface area contributed by atoms with Crippen molar-refractivity contribution in [3.63, 3.8) is 0 Å². The SMILES string of the molecule is C[SiH](C)C[N+](C)(C)C1=CC=CC1.[Cl-].[Cl-].[Ti+2].[c-]1ccc[nH]1. The second-order valence-corrected chi connectivity index (χ2v) is 8.52. The number of nitrogens with zero attached hydrogens (tertiary/aromatic N) is 1. The Bertz CT molecular complexity index is 359. The van der Waals surface area contributed by atoms with Gasteiger partial charge in [0.05, 0.1) is 29.1 Å². The van der Waals surface area contributed by atoms with Crippen LogP contribution in [0.1, 0.15) is 6.42 Å². The van der Waals surface area contributed by atoms with Gasteiger partial charge >= 0.3 is 21.7 Å². The molecule has 0 atom stereocenters. The first-order chi connectivity index (χ1) is 8.02. The van der Waals surface area contributed by atoms with Crippen molar-refractivity contribution in [3.8, 4) is 0 Å². The van der Waals surface area contributed by atoms with Gasteiger partial charge in [-0.25, -0.2) is 0 Å². The summed E-state index contributed by atoms with van der Waals surface area (Å²) in [5, 5.41) is 0. The summed E-state index contributed by atoms with van der Waals surface area (Å²) in [5.41, 5.74) is 1.57. The molecule has 0 aromatic carbocycles. The molecule has 0 unspecified atom stereocenters. The van der Waals surface area contributed by atoms with Gasteiger partial charge in [-0.15, -0.1) is 6.20 Å². The third kappa shape index (κ3) is 10.0. The summed E-state index contributed by atoms with van der Waals surface area (Å²) in [7, 11) is 4.20. The topological polar surface area (TPSA) is 15.8 Å². The summed E-state index contributed by atoms with van der Waals surface area (Å²) in [6, 6.07) is 3.71.